The second-order valence-electron chi connectivity index (χ2n) is 7.95. The van der Waals surface area contributed by atoms with E-state index in [1.165, 1.54) is 39.0 Å². The van der Waals surface area contributed by atoms with E-state index in [-0.39, 0.29) is 10.3 Å². The number of hydrogen-bond acceptors (Lipinski definition) is 5. The first-order chi connectivity index (χ1) is 15.0. The van der Waals surface area contributed by atoms with Gasteiger partial charge in [0.1, 0.15) is 16.2 Å². The molecule has 0 unspecified atom stereocenters. The van der Waals surface area contributed by atoms with Crippen LogP contribution in [0.1, 0.15) is 52.0 Å². The van der Waals surface area contributed by atoms with Crippen molar-refractivity contribution in [1.29, 1.82) is 0 Å². The SMILES string of the molecule is CC.CCc1c(CN(C)C(=O)OC(C)(C)C)sc2[nH]c(=S)n(-c3cccc(F)c3)c(=O)c12. The van der Waals surface area contributed by atoms with Crippen LogP contribution in [0, 0.1) is 10.6 Å². The lowest BCUT2D eigenvalue weighted by Gasteiger charge is -2.24. The summed E-state index contributed by atoms with van der Waals surface area (Å²) in [7, 11) is 1.66. The summed E-state index contributed by atoms with van der Waals surface area (Å²) < 4.78 is 20.6. The molecule has 32 heavy (non-hydrogen) atoms. The summed E-state index contributed by atoms with van der Waals surface area (Å²) in [5.41, 5.74) is 0.303. The number of rotatable bonds is 4. The maximum atomic E-state index is 13.7. The molecule has 174 valence electrons. The molecule has 3 aromatic rings. The third kappa shape index (κ3) is 5.63. The maximum Gasteiger partial charge on any atom is 0.410 e. The molecule has 0 saturated carbocycles. The van der Waals surface area contributed by atoms with Gasteiger partial charge in [0.15, 0.2) is 4.77 Å². The summed E-state index contributed by atoms with van der Waals surface area (Å²) in [4.78, 5) is 31.8. The van der Waals surface area contributed by atoms with Gasteiger partial charge < -0.3 is 14.6 Å². The van der Waals surface area contributed by atoms with Gasteiger partial charge in [-0.15, -0.1) is 11.3 Å². The first-order valence-electron chi connectivity index (χ1n) is 10.5. The highest BCUT2D eigenvalue weighted by atomic mass is 32.1. The van der Waals surface area contributed by atoms with Crippen LogP contribution in [0.15, 0.2) is 29.1 Å². The van der Waals surface area contributed by atoms with Gasteiger partial charge in [-0.1, -0.05) is 26.8 Å². The van der Waals surface area contributed by atoms with E-state index in [2.05, 4.69) is 4.98 Å². The summed E-state index contributed by atoms with van der Waals surface area (Å²) in [6.07, 6.45) is 0.160. The molecule has 0 fully saturated rings. The molecule has 3 rings (SSSR count). The van der Waals surface area contributed by atoms with Crippen LogP contribution in [0.5, 0.6) is 0 Å². The number of carbonyl (C=O) groups excluding carboxylic acids is 1. The molecule has 1 amide bonds. The Bertz CT molecular complexity index is 1220. The average molecular weight is 480 g/mol. The zero-order valence-electron chi connectivity index (χ0n) is 19.5. The molecule has 0 saturated heterocycles. The number of carbonyl (C=O) groups is 1. The molecule has 2 aromatic heterocycles. The minimum absolute atomic E-state index is 0.189. The van der Waals surface area contributed by atoms with Crippen molar-refractivity contribution in [3.05, 3.63) is 55.6 Å². The van der Waals surface area contributed by atoms with E-state index in [4.69, 9.17) is 17.0 Å². The first-order valence-corrected chi connectivity index (χ1v) is 11.7. The van der Waals surface area contributed by atoms with Crippen molar-refractivity contribution in [3.63, 3.8) is 0 Å². The van der Waals surface area contributed by atoms with Crippen LogP contribution < -0.4 is 5.56 Å². The highest BCUT2D eigenvalue weighted by Gasteiger charge is 2.23. The van der Waals surface area contributed by atoms with E-state index >= 15 is 0 Å². The second kappa shape index (κ2) is 10.4. The van der Waals surface area contributed by atoms with Gasteiger partial charge in [-0.2, -0.15) is 0 Å². The van der Waals surface area contributed by atoms with Crippen LogP contribution >= 0.6 is 23.6 Å². The number of aryl methyl sites for hydroxylation is 1. The number of thiophene rings is 1. The Morgan fingerprint density at radius 2 is 1.97 bits per heavy atom. The number of halogens is 1. The van der Waals surface area contributed by atoms with Crippen molar-refractivity contribution in [2.24, 2.45) is 0 Å². The van der Waals surface area contributed by atoms with Gasteiger partial charge in [-0.25, -0.2) is 9.18 Å². The molecule has 0 radical (unpaired) electrons. The number of ether oxygens (including phenoxy) is 1. The molecular formula is C23H30FN3O3S2. The number of H-pyrrole nitrogens is 1. The van der Waals surface area contributed by atoms with Gasteiger partial charge in [0.05, 0.1) is 17.6 Å². The Morgan fingerprint density at radius 3 is 2.53 bits per heavy atom. The number of aromatic amines is 1. The number of nitrogens with zero attached hydrogens (tertiary/aromatic N) is 2. The van der Waals surface area contributed by atoms with Crippen LogP contribution in [0.25, 0.3) is 15.9 Å². The van der Waals surface area contributed by atoms with Gasteiger partial charge >= 0.3 is 6.09 Å². The van der Waals surface area contributed by atoms with Gasteiger partial charge in [-0.05, 0) is 63.2 Å². The molecule has 9 heteroatoms. The fourth-order valence-corrected chi connectivity index (χ4v) is 4.84. The molecule has 1 aromatic carbocycles. The molecule has 0 aliphatic carbocycles. The van der Waals surface area contributed by atoms with Gasteiger partial charge in [0.2, 0.25) is 0 Å². The van der Waals surface area contributed by atoms with Crippen molar-refractivity contribution < 1.29 is 13.9 Å². The minimum atomic E-state index is -0.594. The van der Waals surface area contributed by atoms with Crippen molar-refractivity contribution in [2.45, 2.75) is 60.1 Å². The van der Waals surface area contributed by atoms with E-state index in [1.54, 1.807) is 13.1 Å². The highest BCUT2D eigenvalue weighted by Crippen LogP contribution is 2.30. The van der Waals surface area contributed by atoms with Crippen molar-refractivity contribution in [3.8, 4) is 5.69 Å². The van der Waals surface area contributed by atoms with Crippen molar-refractivity contribution >= 4 is 39.9 Å². The van der Waals surface area contributed by atoms with Crippen LogP contribution in [-0.4, -0.2) is 33.2 Å². The normalized spacial score (nSPS) is 11.1. The number of benzene rings is 1. The van der Waals surface area contributed by atoms with Crippen molar-refractivity contribution in [2.75, 3.05) is 7.05 Å². The topological polar surface area (TPSA) is 67.3 Å². The highest BCUT2D eigenvalue weighted by molar-refractivity contribution is 7.71. The largest absolute Gasteiger partial charge is 0.444 e. The van der Waals surface area contributed by atoms with E-state index in [9.17, 15) is 14.0 Å². The monoisotopic (exact) mass is 479 g/mol. The number of amides is 1. The maximum absolute atomic E-state index is 13.7. The molecule has 1 N–H and O–H groups in total. The Balaban J connectivity index is 0.00000176. The van der Waals surface area contributed by atoms with E-state index < -0.39 is 17.5 Å². The third-order valence-corrected chi connectivity index (χ3v) is 5.85. The molecule has 0 bridgehead atoms. The summed E-state index contributed by atoms with van der Waals surface area (Å²) in [5.74, 6) is -0.449. The molecule has 0 aliphatic heterocycles. The molecule has 0 aliphatic rings. The summed E-state index contributed by atoms with van der Waals surface area (Å²) in [6, 6.07) is 5.75. The zero-order valence-corrected chi connectivity index (χ0v) is 21.2. The molecule has 0 spiro atoms. The van der Waals surface area contributed by atoms with Crippen LogP contribution in [0.3, 0.4) is 0 Å². The fourth-order valence-electron chi connectivity index (χ4n) is 3.15. The van der Waals surface area contributed by atoms with E-state index in [0.717, 1.165) is 10.4 Å². The average Bonchev–Trinajstić information content (AvgIpc) is 3.05. The summed E-state index contributed by atoms with van der Waals surface area (Å²) >= 11 is 6.77. The van der Waals surface area contributed by atoms with Gasteiger partial charge in [0.25, 0.3) is 5.56 Å². The Morgan fingerprint density at radius 1 is 1.31 bits per heavy atom. The van der Waals surface area contributed by atoms with E-state index in [1.807, 2.05) is 41.5 Å². The summed E-state index contributed by atoms with van der Waals surface area (Å²) in [6.45, 7) is 11.7. The Kier molecular flexibility index (Phi) is 8.36. The Hall–Kier alpha value is -2.52. The number of aromatic nitrogens is 2. The smallest absolute Gasteiger partial charge is 0.410 e. The zero-order chi connectivity index (χ0) is 24.2. The number of nitrogens with one attached hydrogen (secondary N) is 1. The standard InChI is InChI=1S/C21H24FN3O3S2.C2H6/c1-6-14-15(11-24(5)20(27)28-21(2,3)4)30-17-16(14)18(26)25(19(29)23-17)13-9-7-8-12(22)10-13;1-2/h7-10H,6,11H2,1-5H3,(H,23,29);1-2H3. The predicted octanol–water partition coefficient (Wildman–Crippen LogP) is 6.20. The second-order valence-corrected chi connectivity index (χ2v) is 9.44. The first kappa shape index (κ1) is 25.7. The third-order valence-electron chi connectivity index (χ3n) is 4.44. The lowest BCUT2D eigenvalue weighted by atomic mass is 10.1. The predicted molar refractivity (Wildman–Crippen MR) is 131 cm³/mol. The molecule has 0 atom stereocenters. The molecule has 6 nitrogen and oxygen atoms in total. The van der Waals surface area contributed by atoms with Crippen molar-refractivity contribution in [1.82, 2.24) is 14.5 Å². The van der Waals surface area contributed by atoms with Gasteiger partial charge in [0, 0.05) is 11.9 Å². The minimum Gasteiger partial charge on any atom is -0.444 e. The fraction of sp³-hybridized carbons (Fsp3) is 0.435. The van der Waals surface area contributed by atoms with E-state index in [0.29, 0.717) is 28.9 Å². The molecule has 2 heterocycles. The van der Waals surface area contributed by atoms with Crippen LogP contribution in [-0.2, 0) is 17.7 Å². The summed E-state index contributed by atoms with van der Waals surface area (Å²) in [5, 5.41) is 0.507. The van der Waals surface area contributed by atoms with Gasteiger partial charge in [-0.3, -0.25) is 9.36 Å². The van der Waals surface area contributed by atoms with Crippen LogP contribution in [0.4, 0.5) is 9.18 Å². The quantitative estimate of drug-likeness (QED) is 0.452. The molecular weight excluding hydrogens is 449 g/mol. The lowest BCUT2D eigenvalue weighted by Crippen LogP contribution is -2.33. The lowest BCUT2D eigenvalue weighted by molar-refractivity contribution is 0.0286. The number of fused-ring (bicyclic) bond motifs is 1. The Labute approximate surface area is 196 Å². The van der Waals surface area contributed by atoms with Crippen LogP contribution in [0.2, 0.25) is 0 Å². The number of hydrogen-bond donors (Lipinski definition) is 1.